The van der Waals surface area contributed by atoms with Gasteiger partial charge in [0.1, 0.15) is 0 Å². The van der Waals surface area contributed by atoms with Crippen LogP contribution in [0.4, 0.5) is 4.79 Å². The number of urea groups is 1. The molecule has 2 rings (SSSR count). The molecule has 110 valence electrons. The first-order valence-corrected chi connectivity index (χ1v) is 7.44. The van der Waals surface area contributed by atoms with Crippen molar-refractivity contribution in [2.45, 2.75) is 44.2 Å². The standard InChI is InChI=1S/C15H21ClN2O2/c16-13-6-4-12(5-7-13)10-17-14(19)18-11-15(20)8-2-1-3-9-15/h4-7,20H,1-3,8-11H2,(H2,17,18,19). The van der Waals surface area contributed by atoms with Gasteiger partial charge < -0.3 is 15.7 Å². The number of halogens is 1. The van der Waals surface area contributed by atoms with Gasteiger partial charge in [-0.3, -0.25) is 0 Å². The molecule has 3 N–H and O–H groups in total. The number of nitrogens with one attached hydrogen (secondary N) is 2. The highest BCUT2D eigenvalue weighted by Gasteiger charge is 2.29. The minimum Gasteiger partial charge on any atom is -0.388 e. The van der Waals surface area contributed by atoms with E-state index < -0.39 is 5.60 Å². The average Bonchev–Trinajstić information content (AvgIpc) is 2.45. The molecule has 0 bridgehead atoms. The summed E-state index contributed by atoms with van der Waals surface area (Å²) in [5, 5.41) is 16.5. The minimum absolute atomic E-state index is 0.251. The fourth-order valence-electron chi connectivity index (χ4n) is 2.48. The van der Waals surface area contributed by atoms with Crippen LogP contribution in [-0.2, 0) is 6.54 Å². The summed E-state index contributed by atoms with van der Waals surface area (Å²) in [5.41, 5.74) is 0.261. The van der Waals surface area contributed by atoms with Gasteiger partial charge in [0.05, 0.1) is 5.60 Å². The first-order valence-electron chi connectivity index (χ1n) is 7.06. The molecule has 0 saturated heterocycles. The molecule has 5 heteroatoms. The molecule has 0 heterocycles. The lowest BCUT2D eigenvalue weighted by Crippen LogP contribution is -2.47. The maximum Gasteiger partial charge on any atom is 0.315 e. The molecule has 1 aliphatic carbocycles. The van der Waals surface area contributed by atoms with Crippen molar-refractivity contribution in [2.75, 3.05) is 6.54 Å². The van der Waals surface area contributed by atoms with Crippen molar-refractivity contribution in [1.82, 2.24) is 10.6 Å². The van der Waals surface area contributed by atoms with E-state index >= 15 is 0 Å². The maximum absolute atomic E-state index is 11.7. The second-order valence-electron chi connectivity index (χ2n) is 5.45. The van der Waals surface area contributed by atoms with Crippen LogP contribution >= 0.6 is 11.6 Å². The summed E-state index contributed by atoms with van der Waals surface area (Å²) in [4.78, 5) is 11.7. The van der Waals surface area contributed by atoms with Gasteiger partial charge in [-0.25, -0.2) is 4.79 Å². The van der Waals surface area contributed by atoms with Crippen molar-refractivity contribution >= 4 is 17.6 Å². The van der Waals surface area contributed by atoms with Crippen LogP contribution in [0.5, 0.6) is 0 Å². The van der Waals surface area contributed by atoms with E-state index in [1.807, 2.05) is 12.1 Å². The van der Waals surface area contributed by atoms with Crippen LogP contribution in [0, 0.1) is 0 Å². The Morgan fingerprint density at radius 3 is 2.45 bits per heavy atom. The molecular formula is C15H21ClN2O2. The molecule has 0 aliphatic heterocycles. The minimum atomic E-state index is -0.726. The van der Waals surface area contributed by atoms with Crippen LogP contribution in [0.15, 0.2) is 24.3 Å². The van der Waals surface area contributed by atoms with Gasteiger partial charge >= 0.3 is 6.03 Å². The van der Waals surface area contributed by atoms with E-state index in [4.69, 9.17) is 11.6 Å². The molecule has 1 aliphatic rings. The molecule has 4 nitrogen and oxygen atoms in total. The quantitative estimate of drug-likeness (QED) is 0.800. The molecule has 1 fully saturated rings. The first-order chi connectivity index (χ1) is 9.57. The van der Waals surface area contributed by atoms with Crippen molar-refractivity contribution in [3.63, 3.8) is 0 Å². The first kappa shape index (κ1) is 15.1. The summed E-state index contributed by atoms with van der Waals surface area (Å²) in [7, 11) is 0. The molecule has 0 radical (unpaired) electrons. The predicted octanol–water partition coefficient (Wildman–Crippen LogP) is 2.83. The van der Waals surface area contributed by atoms with E-state index in [1.165, 1.54) is 6.42 Å². The number of carbonyl (C=O) groups is 1. The van der Waals surface area contributed by atoms with Crippen LogP contribution in [0.2, 0.25) is 5.02 Å². The zero-order valence-electron chi connectivity index (χ0n) is 11.5. The Morgan fingerprint density at radius 1 is 1.15 bits per heavy atom. The smallest absolute Gasteiger partial charge is 0.315 e. The summed E-state index contributed by atoms with van der Waals surface area (Å²) in [6, 6.07) is 7.08. The van der Waals surface area contributed by atoms with E-state index in [0.717, 1.165) is 31.2 Å². The zero-order valence-corrected chi connectivity index (χ0v) is 12.2. The Bertz CT molecular complexity index is 442. The topological polar surface area (TPSA) is 61.4 Å². The monoisotopic (exact) mass is 296 g/mol. The highest BCUT2D eigenvalue weighted by molar-refractivity contribution is 6.30. The third-order valence-corrected chi connectivity index (χ3v) is 3.98. The number of aliphatic hydroxyl groups is 1. The van der Waals surface area contributed by atoms with E-state index in [9.17, 15) is 9.90 Å². The van der Waals surface area contributed by atoms with Gasteiger partial charge in [0, 0.05) is 18.1 Å². The Kier molecular flexibility index (Phi) is 5.26. The SMILES string of the molecule is O=C(NCc1ccc(Cl)cc1)NCC1(O)CCCCC1. The lowest BCUT2D eigenvalue weighted by molar-refractivity contribution is 0.00719. The number of amides is 2. The van der Waals surface area contributed by atoms with Gasteiger partial charge in [-0.1, -0.05) is 43.0 Å². The fourth-order valence-corrected chi connectivity index (χ4v) is 2.60. The van der Waals surface area contributed by atoms with Gasteiger partial charge in [-0.2, -0.15) is 0 Å². The fraction of sp³-hybridized carbons (Fsp3) is 0.533. The molecule has 0 unspecified atom stereocenters. The van der Waals surface area contributed by atoms with E-state index in [1.54, 1.807) is 12.1 Å². The normalized spacial score (nSPS) is 17.5. The third-order valence-electron chi connectivity index (χ3n) is 3.73. The number of hydrogen-bond acceptors (Lipinski definition) is 2. The van der Waals surface area contributed by atoms with Crippen LogP contribution < -0.4 is 10.6 Å². The third kappa shape index (κ3) is 4.69. The Labute approximate surface area is 124 Å². The molecule has 2 amide bonds. The Morgan fingerprint density at radius 2 is 1.80 bits per heavy atom. The summed E-state index contributed by atoms with van der Waals surface area (Å²) >= 11 is 5.80. The molecule has 1 saturated carbocycles. The molecule has 20 heavy (non-hydrogen) atoms. The highest BCUT2D eigenvalue weighted by atomic mass is 35.5. The Hall–Kier alpha value is -1.26. The number of carbonyl (C=O) groups excluding carboxylic acids is 1. The molecular weight excluding hydrogens is 276 g/mol. The van der Waals surface area contributed by atoms with Crippen molar-refractivity contribution in [3.8, 4) is 0 Å². The van der Waals surface area contributed by atoms with E-state index in [0.29, 0.717) is 18.1 Å². The van der Waals surface area contributed by atoms with Crippen molar-refractivity contribution < 1.29 is 9.90 Å². The van der Waals surface area contributed by atoms with E-state index in [2.05, 4.69) is 10.6 Å². The van der Waals surface area contributed by atoms with Crippen molar-refractivity contribution in [2.24, 2.45) is 0 Å². The van der Waals surface area contributed by atoms with Crippen molar-refractivity contribution in [1.29, 1.82) is 0 Å². The summed E-state index contributed by atoms with van der Waals surface area (Å²) < 4.78 is 0. The largest absolute Gasteiger partial charge is 0.388 e. The lowest BCUT2D eigenvalue weighted by Gasteiger charge is -2.32. The van der Waals surface area contributed by atoms with Gasteiger partial charge in [0.2, 0.25) is 0 Å². The van der Waals surface area contributed by atoms with Crippen molar-refractivity contribution in [3.05, 3.63) is 34.9 Å². The summed E-state index contributed by atoms with van der Waals surface area (Å²) in [6.07, 6.45) is 4.77. The van der Waals surface area contributed by atoms with Crippen LogP contribution in [0.1, 0.15) is 37.7 Å². The summed E-state index contributed by atoms with van der Waals surface area (Å²) in [6.45, 7) is 0.765. The second-order valence-corrected chi connectivity index (χ2v) is 5.88. The number of hydrogen-bond donors (Lipinski definition) is 3. The van der Waals surface area contributed by atoms with Crippen LogP contribution in [0.3, 0.4) is 0 Å². The molecule has 1 aromatic carbocycles. The van der Waals surface area contributed by atoms with Gasteiger partial charge in [-0.05, 0) is 30.5 Å². The lowest BCUT2D eigenvalue weighted by atomic mass is 9.85. The average molecular weight is 297 g/mol. The van der Waals surface area contributed by atoms with Gasteiger partial charge in [-0.15, -0.1) is 0 Å². The number of rotatable bonds is 4. The molecule has 1 aromatic rings. The highest BCUT2D eigenvalue weighted by Crippen LogP contribution is 2.27. The molecule has 0 aromatic heterocycles. The predicted molar refractivity (Wildman–Crippen MR) is 79.7 cm³/mol. The van der Waals surface area contributed by atoms with Crippen LogP contribution in [-0.4, -0.2) is 23.3 Å². The van der Waals surface area contributed by atoms with Crippen LogP contribution in [0.25, 0.3) is 0 Å². The molecule has 0 spiro atoms. The molecule has 0 atom stereocenters. The second kappa shape index (κ2) is 6.95. The van der Waals surface area contributed by atoms with Gasteiger partial charge in [0.25, 0.3) is 0 Å². The number of benzene rings is 1. The zero-order chi connectivity index (χ0) is 14.4. The Balaban J connectivity index is 1.71. The van der Waals surface area contributed by atoms with E-state index in [-0.39, 0.29) is 6.03 Å². The van der Waals surface area contributed by atoms with Gasteiger partial charge in [0.15, 0.2) is 0 Å². The summed E-state index contributed by atoms with van der Waals surface area (Å²) in [5.74, 6) is 0. The maximum atomic E-state index is 11.7.